The normalized spacial score (nSPS) is 10.6. The number of carbonyl (C=O) groups excluding carboxylic acids is 1. The number of fused-ring (bicyclic) bond motifs is 1. The zero-order valence-corrected chi connectivity index (χ0v) is 12.0. The molecular formula is C16H15N3O3. The van der Waals surface area contributed by atoms with Gasteiger partial charge >= 0.3 is 5.69 Å². The Morgan fingerprint density at radius 2 is 1.82 bits per heavy atom. The van der Waals surface area contributed by atoms with Gasteiger partial charge in [0.05, 0.1) is 18.1 Å². The highest BCUT2D eigenvalue weighted by Gasteiger charge is 2.06. The summed E-state index contributed by atoms with van der Waals surface area (Å²) in [5.41, 5.74) is 2.70. The van der Waals surface area contributed by atoms with Crippen LogP contribution in [0.2, 0.25) is 0 Å². The highest BCUT2D eigenvalue weighted by atomic mass is 16.5. The van der Waals surface area contributed by atoms with Gasteiger partial charge in [0.25, 0.3) is 5.91 Å². The second kappa shape index (κ2) is 5.77. The Labute approximate surface area is 126 Å². The van der Waals surface area contributed by atoms with Crippen molar-refractivity contribution in [1.29, 1.82) is 0 Å². The molecule has 2 aromatic carbocycles. The van der Waals surface area contributed by atoms with Crippen LogP contribution in [0.25, 0.3) is 11.0 Å². The summed E-state index contributed by atoms with van der Waals surface area (Å²) in [6.45, 7) is 0.383. The van der Waals surface area contributed by atoms with Crippen LogP contribution in [0.3, 0.4) is 0 Å². The molecule has 3 rings (SSSR count). The molecule has 0 saturated heterocycles. The highest BCUT2D eigenvalue weighted by molar-refractivity contribution is 5.94. The van der Waals surface area contributed by atoms with Gasteiger partial charge in [0.1, 0.15) is 5.75 Å². The molecule has 3 aromatic rings. The first-order chi connectivity index (χ1) is 10.7. The van der Waals surface area contributed by atoms with Crippen molar-refractivity contribution in [2.45, 2.75) is 6.54 Å². The Kier molecular flexibility index (Phi) is 3.65. The van der Waals surface area contributed by atoms with Crippen LogP contribution in [0, 0.1) is 0 Å². The van der Waals surface area contributed by atoms with Crippen LogP contribution in [-0.2, 0) is 6.54 Å². The fraction of sp³-hybridized carbons (Fsp3) is 0.125. The van der Waals surface area contributed by atoms with Crippen LogP contribution in [0.1, 0.15) is 15.9 Å². The SMILES string of the molecule is COc1ccc(C(=O)NCc2ccc3[nH]c(=O)[nH]c3c2)cc1. The molecule has 6 nitrogen and oxygen atoms in total. The molecule has 3 N–H and O–H groups in total. The molecule has 0 bridgehead atoms. The number of hydrogen-bond acceptors (Lipinski definition) is 3. The maximum absolute atomic E-state index is 12.1. The smallest absolute Gasteiger partial charge is 0.323 e. The standard InChI is InChI=1S/C16H15N3O3/c1-22-12-5-3-11(4-6-12)15(20)17-9-10-2-7-13-14(8-10)19-16(21)18-13/h2-8H,9H2,1H3,(H,17,20)(H2,18,19,21). The molecule has 0 aliphatic carbocycles. The van der Waals surface area contributed by atoms with Gasteiger partial charge in [-0.05, 0) is 42.0 Å². The fourth-order valence-electron chi connectivity index (χ4n) is 2.22. The fourth-order valence-corrected chi connectivity index (χ4v) is 2.22. The molecule has 0 saturated carbocycles. The third-order valence-corrected chi connectivity index (χ3v) is 3.39. The number of methoxy groups -OCH3 is 1. The summed E-state index contributed by atoms with van der Waals surface area (Å²) in [7, 11) is 1.58. The number of ether oxygens (including phenoxy) is 1. The summed E-state index contributed by atoms with van der Waals surface area (Å²) >= 11 is 0. The molecule has 1 heterocycles. The molecule has 0 aliphatic rings. The maximum atomic E-state index is 12.1. The molecule has 112 valence electrons. The number of aromatic nitrogens is 2. The van der Waals surface area contributed by atoms with E-state index in [1.54, 1.807) is 31.4 Å². The lowest BCUT2D eigenvalue weighted by Gasteiger charge is -2.06. The molecule has 0 fully saturated rings. The molecule has 0 spiro atoms. The lowest BCUT2D eigenvalue weighted by Crippen LogP contribution is -2.22. The van der Waals surface area contributed by atoms with Crippen molar-refractivity contribution in [2.75, 3.05) is 7.11 Å². The van der Waals surface area contributed by atoms with Crippen molar-refractivity contribution in [2.24, 2.45) is 0 Å². The molecule has 0 unspecified atom stereocenters. The monoisotopic (exact) mass is 297 g/mol. The first-order valence-corrected chi connectivity index (χ1v) is 6.79. The van der Waals surface area contributed by atoms with E-state index in [2.05, 4.69) is 15.3 Å². The van der Waals surface area contributed by atoms with Gasteiger partial charge in [-0.15, -0.1) is 0 Å². The van der Waals surface area contributed by atoms with E-state index in [4.69, 9.17) is 4.74 Å². The van der Waals surface area contributed by atoms with Crippen molar-refractivity contribution in [3.63, 3.8) is 0 Å². The zero-order valence-electron chi connectivity index (χ0n) is 12.0. The van der Waals surface area contributed by atoms with Gasteiger partial charge in [0.2, 0.25) is 0 Å². The van der Waals surface area contributed by atoms with E-state index in [9.17, 15) is 9.59 Å². The summed E-state index contributed by atoms with van der Waals surface area (Å²) < 4.78 is 5.06. The van der Waals surface area contributed by atoms with Crippen molar-refractivity contribution in [3.05, 3.63) is 64.1 Å². The summed E-state index contributed by atoms with van der Waals surface area (Å²) in [6, 6.07) is 12.4. The average Bonchev–Trinajstić information content (AvgIpc) is 2.92. The van der Waals surface area contributed by atoms with Gasteiger partial charge in [-0.25, -0.2) is 4.79 Å². The number of amides is 1. The largest absolute Gasteiger partial charge is 0.497 e. The predicted molar refractivity (Wildman–Crippen MR) is 83.1 cm³/mol. The van der Waals surface area contributed by atoms with Crippen LogP contribution in [0.15, 0.2) is 47.3 Å². The highest BCUT2D eigenvalue weighted by Crippen LogP contribution is 2.12. The lowest BCUT2D eigenvalue weighted by atomic mass is 10.1. The minimum absolute atomic E-state index is 0.162. The summed E-state index contributed by atoms with van der Waals surface area (Å²) in [5.74, 6) is 0.545. The van der Waals surface area contributed by atoms with Crippen molar-refractivity contribution < 1.29 is 9.53 Å². The van der Waals surface area contributed by atoms with E-state index >= 15 is 0 Å². The minimum Gasteiger partial charge on any atom is -0.497 e. The van der Waals surface area contributed by atoms with E-state index in [0.717, 1.165) is 16.6 Å². The number of carbonyl (C=O) groups is 1. The Morgan fingerprint density at radius 1 is 1.09 bits per heavy atom. The molecule has 1 amide bonds. The van der Waals surface area contributed by atoms with Gasteiger partial charge in [-0.3, -0.25) is 4.79 Å². The number of H-pyrrole nitrogens is 2. The van der Waals surface area contributed by atoms with Crippen LogP contribution < -0.4 is 15.7 Å². The molecular weight excluding hydrogens is 282 g/mol. The topological polar surface area (TPSA) is 87.0 Å². The van der Waals surface area contributed by atoms with Gasteiger partial charge in [0.15, 0.2) is 0 Å². The van der Waals surface area contributed by atoms with Gasteiger partial charge in [-0.2, -0.15) is 0 Å². The summed E-state index contributed by atoms with van der Waals surface area (Å²) in [6.07, 6.45) is 0. The molecule has 22 heavy (non-hydrogen) atoms. The number of rotatable bonds is 4. The minimum atomic E-state index is -0.241. The van der Waals surface area contributed by atoms with Crippen LogP contribution in [-0.4, -0.2) is 23.0 Å². The Balaban J connectivity index is 1.69. The lowest BCUT2D eigenvalue weighted by molar-refractivity contribution is 0.0951. The number of hydrogen-bond donors (Lipinski definition) is 3. The predicted octanol–water partition coefficient (Wildman–Crippen LogP) is 1.79. The van der Waals surface area contributed by atoms with Gasteiger partial charge < -0.3 is 20.0 Å². The van der Waals surface area contributed by atoms with E-state index in [0.29, 0.717) is 17.9 Å². The van der Waals surface area contributed by atoms with Crippen LogP contribution in [0.4, 0.5) is 0 Å². The number of benzene rings is 2. The van der Waals surface area contributed by atoms with Gasteiger partial charge in [0, 0.05) is 12.1 Å². The van der Waals surface area contributed by atoms with E-state index < -0.39 is 0 Å². The molecule has 6 heteroatoms. The zero-order chi connectivity index (χ0) is 15.5. The van der Waals surface area contributed by atoms with Crippen molar-refractivity contribution >= 4 is 16.9 Å². The maximum Gasteiger partial charge on any atom is 0.323 e. The third kappa shape index (κ3) is 2.85. The molecule has 0 aliphatic heterocycles. The number of aromatic amines is 2. The number of imidazole rings is 1. The summed E-state index contributed by atoms with van der Waals surface area (Å²) in [4.78, 5) is 28.7. The second-order valence-corrected chi connectivity index (χ2v) is 4.87. The molecule has 1 aromatic heterocycles. The second-order valence-electron chi connectivity index (χ2n) is 4.87. The van der Waals surface area contributed by atoms with Crippen LogP contribution in [0.5, 0.6) is 5.75 Å². The quantitative estimate of drug-likeness (QED) is 0.686. The molecule has 0 radical (unpaired) electrons. The Hall–Kier alpha value is -3.02. The van der Waals surface area contributed by atoms with Gasteiger partial charge in [-0.1, -0.05) is 6.07 Å². The average molecular weight is 297 g/mol. The van der Waals surface area contributed by atoms with E-state index in [-0.39, 0.29) is 11.6 Å². The van der Waals surface area contributed by atoms with Crippen molar-refractivity contribution in [1.82, 2.24) is 15.3 Å². The number of nitrogens with one attached hydrogen (secondary N) is 3. The molecule has 0 atom stereocenters. The van der Waals surface area contributed by atoms with Crippen LogP contribution >= 0.6 is 0 Å². The summed E-state index contributed by atoms with van der Waals surface area (Å²) in [5, 5.41) is 2.84. The van der Waals surface area contributed by atoms with E-state index in [1.807, 2.05) is 18.2 Å². The Morgan fingerprint density at radius 3 is 2.55 bits per heavy atom. The first kappa shape index (κ1) is 13.9. The van der Waals surface area contributed by atoms with E-state index in [1.165, 1.54) is 0 Å². The third-order valence-electron chi connectivity index (χ3n) is 3.39. The Bertz CT molecular complexity index is 862. The van der Waals surface area contributed by atoms with Crippen molar-refractivity contribution in [3.8, 4) is 5.75 Å². The first-order valence-electron chi connectivity index (χ1n) is 6.79.